The van der Waals surface area contributed by atoms with Gasteiger partial charge in [0.25, 0.3) is 0 Å². The Bertz CT molecular complexity index is 401. The molecule has 8 fully saturated rings. The van der Waals surface area contributed by atoms with Gasteiger partial charge in [-0.05, 0) is 49.4 Å². The summed E-state index contributed by atoms with van der Waals surface area (Å²) in [6.45, 7) is 0. The van der Waals surface area contributed by atoms with Crippen LogP contribution in [0.1, 0.15) is 25.7 Å². The standard InChI is InChI=1S/C14H16N2/c1-5-2-8-7(1)11(8)13(5)15-16-14-6-3-9-10(4-6)12(9)14/h5-12H,1-4H2/b15-13-,16-14+. The first-order chi connectivity index (χ1) is 7.92. The van der Waals surface area contributed by atoms with Crippen LogP contribution in [-0.2, 0) is 0 Å². The Balaban J connectivity index is 1.39. The topological polar surface area (TPSA) is 24.7 Å². The average molecular weight is 212 g/mol. The lowest BCUT2D eigenvalue weighted by Crippen LogP contribution is -2.05. The molecule has 4 atom stereocenters. The quantitative estimate of drug-likeness (QED) is 0.596. The maximum atomic E-state index is 4.71. The van der Waals surface area contributed by atoms with Gasteiger partial charge in [-0.3, -0.25) is 0 Å². The molecule has 16 heavy (non-hydrogen) atoms. The molecular weight excluding hydrogens is 196 g/mol. The van der Waals surface area contributed by atoms with Crippen molar-refractivity contribution in [3.8, 4) is 0 Å². The molecule has 2 heteroatoms. The smallest absolute Gasteiger partial charge is 0.0473 e. The molecule has 0 aromatic rings. The zero-order chi connectivity index (χ0) is 10.0. The van der Waals surface area contributed by atoms with Crippen LogP contribution in [0.25, 0.3) is 0 Å². The largest absolute Gasteiger partial charge is 0.160 e. The van der Waals surface area contributed by atoms with Crippen LogP contribution in [0.5, 0.6) is 0 Å². The molecule has 0 aromatic heterocycles. The van der Waals surface area contributed by atoms with Crippen LogP contribution in [-0.4, -0.2) is 11.4 Å². The minimum atomic E-state index is 0.857. The maximum absolute atomic E-state index is 4.71. The molecule has 0 saturated heterocycles. The van der Waals surface area contributed by atoms with Crippen molar-refractivity contribution in [1.82, 2.24) is 0 Å². The fraction of sp³-hybridized carbons (Fsp3) is 0.857. The molecular formula is C14H16N2. The third kappa shape index (κ3) is 0.640. The molecule has 0 N–H and O–H groups in total. The van der Waals surface area contributed by atoms with Gasteiger partial charge in [0, 0.05) is 35.1 Å². The van der Waals surface area contributed by atoms with E-state index in [2.05, 4.69) is 0 Å². The van der Waals surface area contributed by atoms with E-state index in [9.17, 15) is 0 Å². The molecule has 0 heterocycles. The highest BCUT2D eigenvalue weighted by atomic mass is 15.2. The fourth-order valence-electron chi connectivity index (χ4n) is 6.00. The van der Waals surface area contributed by atoms with E-state index in [1.54, 1.807) is 0 Å². The molecule has 8 bridgehead atoms. The van der Waals surface area contributed by atoms with Crippen molar-refractivity contribution in [3.63, 3.8) is 0 Å². The van der Waals surface area contributed by atoms with Crippen LogP contribution in [0, 0.1) is 47.3 Å². The summed E-state index contributed by atoms with van der Waals surface area (Å²) in [6.07, 6.45) is 5.82. The van der Waals surface area contributed by atoms with E-state index in [1.165, 1.54) is 37.1 Å². The minimum Gasteiger partial charge on any atom is -0.160 e. The zero-order valence-corrected chi connectivity index (χ0v) is 9.34. The van der Waals surface area contributed by atoms with Gasteiger partial charge in [-0.25, -0.2) is 0 Å². The van der Waals surface area contributed by atoms with E-state index >= 15 is 0 Å². The number of nitrogens with zero attached hydrogens (tertiary/aromatic N) is 2. The highest BCUT2D eigenvalue weighted by Crippen LogP contribution is 2.70. The summed E-state index contributed by atoms with van der Waals surface area (Å²) < 4.78 is 0. The summed E-state index contributed by atoms with van der Waals surface area (Å²) in [5.41, 5.74) is 3.03. The lowest BCUT2D eigenvalue weighted by Gasteiger charge is -2.02. The molecule has 8 aliphatic carbocycles. The second-order valence-corrected chi connectivity index (χ2v) is 7.09. The van der Waals surface area contributed by atoms with E-state index in [-0.39, 0.29) is 0 Å². The van der Waals surface area contributed by atoms with Gasteiger partial charge < -0.3 is 0 Å². The monoisotopic (exact) mass is 212 g/mol. The van der Waals surface area contributed by atoms with Crippen LogP contribution < -0.4 is 0 Å². The molecule has 0 aliphatic heterocycles. The first kappa shape index (κ1) is 7.62. The molecule has 0 amide bonds. The van der Waals surface area contributed by atoms with Crippen molar-refractivity contribution in [2.24, 2.45) is 57.5 Å². The van der Waals surface area contributed by atoms with Crippen molar-refractivity contribution in [2.75, 3.05) is 0 Å². The van der Waals surface area contributed by atoms with Crippen molar-refractivity contribution in [2.45, 2.75) is 25.7 Å². The summed E-state index contributed by atoms with van der Waals surface area (Å²) >= 11 is 0. The lowest BCUT2D eigenvalue weighted by molar-refractivity contribution is 0.688. The van der Waals surface area contributed by atoms with Crippen LogP contribution >= 0.6 is 0 Å². The third-order valence-corrected chi connectivity index (χ3v) is 6.69. The minimum absolute atomic E-state index is 0.857. The first-order valence-corrected chi connectivity index (χ1v) is 7.07. The molecule has 0 radical (unpaired) electrons. The van der Waals surface area contributed by atoms with E-state index in [1.807, 2.05) is 0 Å². The van der Waals surface area contributed by atoms with Gasteiger partial charge in [0.2, 0.25) is 0 Å². The van der Waals surface area contributed by atoms with E-state index < -0.39 is 0 Å². The van der Waals surface area contributed by atoms with Gasteiger partial charge >= 0.3 is 0 Å². The summed E-state index contributed by atoms with van der Waals surface area (Å²) in [6, 6.07) is 0. The van der Waals surface area contributed by atoms with Gasteiger partial charge in [0.05, 0.1) is 0 Å². The number of hydrogen-bond acceptors (Lipinski definition) is 2. The van der Waals surface area contributed by atoms with Crippen LogP contribution in [0.4, 0.5) is 0 Å². The summed E-state index contributed by atoms with van der Waals surface area (Å²) in [5.74, 6) is 7.72. The Morgan fingerprint density at radius 3 is 1.25 bits per heavy atom. The number of hydrogen-bond donors (Lipinski definition) is 0. The molecule has 0 spiro atoms. The van der Waals surface area contributed by atoms with Crippen molar-refractivity contribution in [1.29, 1.82) is 0 Å². The summed E-state index contributed by atoms with van der Waals surface area (Å²) in [4.78, 5) is 0. The lowest BCUT2D eigenvalue weighted by atomic mass is 10.1. The third-order valence-electron chi connectivity index (χ3n) is 6.69. The van der Waals surface area contributed by atoms with E-state index in [4.69, 9.17) is 10.2 Å². The second kappa shape index (κ2) is 2.04. The zero-order valence-electron chi connectivity index (χ0n) is 9.34. The highest BCUT2D eigenvalue weighted by molar-refractivity contribution is 6.00. The summed E-state index contributed by atoms with van der Waals surface area (Å²) in [5, 5.41) is 9.42. The molecule has 2 nitrogen and oxygen atoms in total. The predicted octanol–water partition coefficient (Wildman–Crippen LogP) is 2.36. The Morgan fingerprint density at radius 2 is 1.00 bits per heavy atom. The SMILES string of the molecule is C1C2CC3C1C3/C2=N\N=C1/C2CC3C(C2)C13. The van der Waals surface area contributed by atoms with Crippen LogP contribution in [0.3, 0.4) is 0 Å². The van der Waals surface area contributed by atoms with Crippen molar-refractivity contribution in [3.05, 3.63) is 0 Å². The predicted molar refractivity (Wildman–Crippen MR) is 61.3 cm³/mol. The maximum Gasteiger partial charge on any atom is 0.0473 e. The Morgan fingerprint density at radius 1 is 0.625 bits per heavy atom. The van der Waals surface area contributed by atoms with E-state index in [0.29, 0.717) is 0 Å². The Labute approximate surface area is 95.2 Å². The van der Waals surface area contributed by atoms with Crippen molar-refractivity contribution < 1.29 is 0 Å². The normalized spacial score (nSPS) is 71.0. The first-order valence-electron chi connectivity index (χ1n) is 7.07. The van der Waals surface area contributed by atoms with Gasteiger partial charge in [-0.15, -0.1) is 0 Å². The Hall–Kier alpha value is -0.660. The van der Waals surface area contributed by atoms with Gasteiger partial charge in [0.1, 0.15) is 0 Å². The molecule has 8 aliphatic rings. The molecule has 8 rings (SSSR count). The van der Waals surface area contributed by atoms with Gasteiger partial charge in [-0.2, -0.15) is 10.2 Å². The second-order valence-electron chi connectivity index (χ2n) is 7.09. The number of rotatable bonds is 1. The summed E-state index contributed by atoms with van der Waals surface area (Å²) in [7, 11) is 0. The van der Waals surface area contributed by atoms with Crippen molar-refractivity contribution >= 4 is 11.4 Å². The Kier molecular flexibility index (Phi) is 0.974. The average Bonchev–Trinajstić information content (AvgIpc) is 2.91. The molecule has 4 unspecified atom stereocenters. The molecule has 82 valence electrons. The van der Waals surface area contributed by atoms with Crippen LogP contribution in [0.15, 0.2) is 10.2 Å². The molecule has 0 aromatic carbocycles. The van der Waals surface area contributed by atoms with Gasteiger partial charge in [0.15, 0.2) is 0 Å². The van der Waals surface area contributed by atoms with E-state index in [0.717, 1.165) is 47.3 Å². The fourth-order valence-corrected chi connectivity index (χ4v) is 6.00. The van der Waals surface area contributed by atoms with Crippen LogP contribution in [0.2, 0.25) is 0 Å². The van der Waals surface area contributed by atoms with Gasteiger partial charge in [-0.1, -0.05) is 0 Å². The highest BCUT2D eigenvalue weighted by Gasteiger charge is 2.68. The molecule has 8 saturated carbocycles.